The number of benzene rings is 1. The van der Waals surface area contributed by atoms with Crippen LogP contribution in [0, 0.1) is 0 Å². The Kier molecular flexibility index (Phi) is 3.11. The summed E-state index contributed by atoms with van der Waals surface area (Å²) in [6.45, 7) is 3.81. The molecule has 22 heavy (non-hydrogen) atoms. The topological polar surface area (TPSA) is 45.2 Å². The van der Waals surface area contributed by atoms with Crippen molar-refractivity contribution in [2.75, 3.05) is 11.9 Å². The van der Waals surface area contributed by atoms with E-state index in [1.165, 1.54) is 24.6 Å². The lowest BCUT2D eigenvalue weighted by Crippen LogP contribution is -2.20. The number of hydrogen-bond acceptors (Lipinski definition) is 4. The lowest BCUT2D eigenvalue weighted by molar-refractivity contribution is -0.119. The summed E-state index contributed by atoms with van der Waals surface area (Å²) in [7, 11) is 2.10. The van der Waals surface area contributed by atoms with Crippen LogP contribution >= 0.6 is 11.8 Å². The maximum absolute atomic E-state index is 11.9. The molecule has 0 spiro atoms. The number of carbonyl (C=O) groups is 1. The Morgan fingerprint density at radius 2 is 2.14 bits per heavy atom. The van der Waals surface area contributed by atoms with E-state index >= 15 is 0 Å². The van der Waals surface area contributed by atoms with E-state index in [1.54, 1.807) is 0 Å². The highest BCUT2D eigenvalue weighted by Crippen LogP contribution is 2.39. The van der Waals surface area contributed by atoms with Gasteiger partial charge in [0.05, 0.1) is 10.5 Å². The number of carbonyl (C=O) groups excluding carboxylic acids is 1. The summed E-state index contributed by atoms with van der Waals surface area (Å²) in [5.41, 5.74) is 1.97. The van der Waals surface area contributed by atoms with Crippen LogP contribution in [0.3, 0.4) is 0 Å². The molecule has 1 N–H and O–H groups in total. The number of thioether (sulfide) groups is 1. The lowest BCUT2D eigenvalue weighted by Gasteiger charge is -2.17. The molecule has 5 heteroatoms. The average Bonchev–Trinajstić information content (AvgIpc) is 3.30. The zero-order chi connectivity index (χ0) is 15.3. The van der Waals surface area contributed by atoms with Crippen LogP contribution in [0.2, 0.25) is 0 Å². The molecule has 1 aromatic heterocycles. The maximum Gasteiger partial charge on any atom is 0.242 e. The Balaban J connectivity index is 1.68. The third-order valence-electron chi connectivity index (χ3n) is 4.22. The van der Waals surface area contributed by atoms with E-state index in [0.717, 1.165) is 27.3 Å². The van der Waals surface area contributed by atoms with Crippen molar-refractivity contribution < 1.29 is 4.79 Å². The fourth-order valence-electron chi connectivity index (χ4n) is 2.79. The van der Waals surface area contributed by atoms with E-state index in [2.05, 4.69) is 42.0 Å². The van der Waals surface area contributed by atoms with E-state index in [0.29, 0.717) is 6.04 Å². The minimum Gasteiger partial charge on any atom is -0.357 e. The van der Waals surface area contributed by atoms with Gasteiger partial charge in [0.1, 0.15) is 11.1 Å². The number of nitrogens with one attached hydrogen (secondary N) is 1. The van der Waals surface area contributed by atoms with Gasteiger partial charge in [0, 0.05) is 18.5 Å². The van der Waals surface area contributed by atoms with Gasteiger partial charge in [-0.3, -0.25) is 4.79 Å². The summed E-state index contributed by atoms with van der Waals surface area (Å²) in [5, 5.41) is 4.34. The monoisotopic (exact) mass is 311 g/mol. The standard InChI is InChI=1S/C17H17N3OS/c1-10-18-17(21)16(22-10)12-3-7-14-11(9-12)4-8-15(19-14)20(2)13-5-6-13/h3-4,7-9,13,16H,1,5-6H2,2H3,(H,18,21). The molecule has 0 radical (unpaired) electrons. The van der Waals surface area contributed by atoms with Crippen LogP contribution in [0.1, 0.15) is 23.7 Å². The fraction of sp³-hybridized carbons (Fsp3) is 0.294. The first kappa shape index (κ1) is 13.6. The third-order valence-corrected chi connectivity index (χ3v) is 5.33. The van der Waals surface area contributed by atoms with Gasteiger partial charge in [0.2, 0.25) is 5.91 Å². The Hall–Kier alpha value is -2.01. The van der Waals surface area contributed by atoms with Crippen molar-refractivity contribution in [3.05, 3.63) is 47.5 Å². The smallest absolute Gasteiger partial charge is 0.242 e. The lowest BCUT2D eigenvalue weighted by atomic mass is 10.1. The highest BCUT2D eigenvalue weighted by molar-refractivity contribution is 8.04. The molecular formula is C17H17N3OS. The molecule has 4 rings (SSSR count). The van der Waals surface area contributed by atoms with Crippen LogP contribution in [0.15, 0.2) is 41.9 Å². The van der Waals surface area contributed by atoms with Crippen molar-refractivity contribution in [1.29, 1.82) is 0 Å². The van der Waals surface area contributed by atoms with Gasteiger partial charge in [-0.05, 0) is 42.7 Å². The van der Waals surface area contributed by atoms with Gasteiger partial charge in [-0.15, -0.1) is 0 Å². The molecule has 1 saturated heterocycles. The molecule has 1 aliphatic heterocycles. The summed E-state index contributed by atoms with van der Waals surface area (Å²) in [6.07, 6.45) is 2.51. The van der Waals surface area contributed by atoms with Crippen LogP contribution in [-0.2, 0) is 4.79 Å². The van der Waals surface area contributed by atoms with E-state index in [1.807, 2.05) is 12.1 Å². The van der Waals surface area contributed by atoms with Crippen LogP contribution in [-0.4, -0.2) is 24.0 Å². The molecule has 2 aromatic rings. The highest BCUT2D eigenvalue weighted by Gasteiger charge is 2.30. The van der Waals surface area contributed by atoms with Gasteiger partial charge in [-0.25, -0.2) is 4.98 Å². The number of rotatable bonds is 3. The Morgan fingerprint density at radius 3 is 2.82 bits per heavy atom. The minimum atomic E-state index is -0.203. The van der Waals surface area contributed by atoms with E-state index in [-0.39, 0.29) is 11.2 Å². The molecule has 0 bridgehead atoms. The van der Waals surface area contributed by atoms with Crippen molar-refractivity contribution in [2.45, 2.75) is 24.1 Å². The van der Waals surface area contributed by atoms with Gasteiger partial charge in [0.15, 0.2) is 0 Å². The van der Waals surface area contributed by atoms with Gasteiger partial charge in [-0.2, -0.15) is 0 Å². The zero-order valence-electron chi connectivity index (χ0n) is 12.4. The normalized spacial score (nSPS) is 21.2. The predicted molar refractivity (Wildman–Crippen MR) is 90.8 cm³/mol. The number of fused-ring (bicyclic) bond motifs is 1. The molecule has 1 aromatic carbocycles. The van der Waals surface area contributed by atoms with E-state index in [9.17, 15) is 4.79 Å². The van der Waals surface area contributed by atoms with E-state index in [4.69, 9.17) is 4.98 Å². The number of nitrogens with zero attached hydrogens (tertiary/aromatic N) is 2. The SMILES string of the molecule is C=C1NC(=O)C(c2ccc3nc(N(C)C4CC4)ccc3c2)S1. The maximum atomic E-state index is 11.9. The molecule has 112 valence electrons. The van der Waals surface area contributed by atoms with Crippen molar-refractivity contribution in [3.63, 3.8) is 0 Å². The first-order valence-electron chi connectivity index (χ1n) is 7.42. The number of amides is 1. The fourth-order valence-corrected chi connectivity index (χ4v) is 3.68. The molecule has 2 heterocycles. The molecule has 1 aliphatic carbocycles. The summed E-state index contributed by atoms with van der Waals surface area (Å²) in [5.74, 6) is 1.02. The summed E-state index contributed by atoms with van der Waals surface area (Å²) >= 11 is 1.47. The number of pyridine rings is 1. The summed E-state index contributed by atoms with van der Waals surface area (Å²) < 4.78 is 0. The molecular weight excluding hydrogens is 294 g/mol. The van der Waals surface area contributed by atoms with Crippen LogP contribution < -0.4 is 10.2 Å². The van der Waals surface area contributed by atoms with Gasteiger partial charge >= 0.3 is 0 Å². The molecule has 4 nitrogen and oxygen atoms in total. The Bertz CT molecular complexity index is 785. The first-order valence-corrected chi connectivity index (χ1v) is 8.30. The number of anilines is 1. The Labute approximate surface area is 133 Å². The molecule has 1 atom stereocenters. The van der Waals surface area contributed by atoms with Gasteiger partial charge < -0.3 is 10.2 Å². The predicted octanol–water partition coefficient (Wildman–Crippen LogP) is 3.21. The molecule has 1 saturated carbocycles. The van der Waals surface area contributed by atoms with Gasteiger partial charge in [0.25, 0.3) is 0 Å². The molecule has 2 fully saturated rings. The molecule has 1 amide bonds. The number of hydrogen-bond donors (Lipinski definition) is 1. The second-order valence-corrected chi connectivity index (χ2v) is 7.07. The van der Waals surface area contributed by atoms with Crippen LogP contribution in [0.4, 0.5) is 5.82 Å². The van der Waals surface area contributed by atoms with Crippen molar-refractivity contribution in [3.8, 4) is 0 Å². The molecule has 2 aliphatic rings. The van der Waals surface area contributed by atoms with Crippen LogP contribution in [0.5, 0.6) is 0 Å². The second-order valence-electron chi connectivity index (χ2n) is 5.87. The Morgan fingerprint density at radius 1 is 1.32 bits per heavy atom. The van der Waals surface area contributed by atoms with Crippen LogP contribution in [0.25, 0.3) is 10.9 Å². The van der Waals surface area contributed by atoms with Crippen molar-refractivity contribution in [2.24, 2.45) is 0 Å². The van der Waals surface area contributed by atoms with Crippen molar-refractivity contribution >= 4 is 34.4 Å². The van der Waals surface area contributed by atoms with Gasteiger partial charge in [-0.1, -0.05) is 24.4 Å². The second kappa shape index (κ2) is 5.02. The largest absolute Gasteiger partial charge is 0.357 e. The van der Waals surface area contributed by atoms with E-state index < -0.39 is 0 Å². The zero-order valence-corrected chi connectivity index (χ0v) is 13.2. The summed E-state index contributed by atoms with van der Waals surface area (Å²) in [4.78, 5) is 18.9. The number of aromatic nitrogens is 1. The molecule has 1 unspecified atom stereocenters. The first-order chi connectivity index (χ1) is 10.6. The highest BCUT2D eigenvalue weighted by atomic mass is 32.2. The summed E-state index contributed by atoms with van der Waals surface area (Å²) in [6, 6.07) is 10.8. The minimum absolute atomic E-state index is 0.00685. The van der Waals surface area contributed by atoms with Crippen molar-refractivity contribution in [1.82, 2.24) is 10.3 Å². The third kappa shape index (κ3) is 2.35. The quantitative estimate of drug-likeness (QED) is 0.945. The average molecular weight is 311 g/mol.